The largest absolute Gasteiger partial charge is 0.329 e. The molecule has 0 aromatic carbocycles. The molecule has 8 N–H and O–H groups in total. The van der Waals surface area contributed by atoms with E-state index in [0.717, 1.165) is 52.4 Å². The summed E-state index contributed by atoms with van der Waals surface area (Å²) < 4.78 is 0. The molecule has 0 fully saturated rings. The average molecular weight is 556 g/mol. The summed E-state index contributed by atoms with van der Waals surface area (Å²) in [4.78, 5) is 0. The molecule has 20 heavy (non-hydrogen) atoms. The van der Waals surface area contributed by atoms with Crippen LogP contribution < -0.4 is 32.7 Å². The molecular formula is C10H32Br4N6. The molecule has 0 aromatic rings. The predicted octanol–water partition coefficient (Wildman–Crippen LogP) is -0.426. The second-order valence-electron chi connectivity index (χ2n) is 3.58. The third-order valence-electron chi connectivity index (χ3n) is 2.08. The summed E-state index contributed by atoms with van der Waals surface area (Å²) >= 11 is 0. The van der Waals surface area contributed by atoms with Crippen molar-refractivity contribution < 1.29 is 0 Å². The summed E-state index contributed by atoms with van der Waals surface area (Å²) in [6, 6.07) is 0. The van der Waals surface area contributed by atoms with Crippen molar-refractivity contribution in [3.8, 4) is 0 Å². The molecule has 0 aliphatic carbocycles. The van der Waals surface area contributed by atoms with Gasteiger partial charge in [0.15, 0.2) is 0 Å². The second-order valence-corrected chi connectivity index (χ2v) is 3.58. The molecule has 0 radical (unpaired) electrons. The van der Waals surface area contributed by atoms with Crippen LogP contribution >= 0.6 is 67.9 Å². The van der Waals surface area contributed by atoms with Crippen molar-refractivity contribution >= 4 is 67.9 Å². The lowest BCUT2D eigenvalue weighted by atomic mass is 10.5. The van der Waals surface area contributed by atoms with E-state index in [1.165, 1.54) is 0 Å². The van der Waals surface area contributed by atoms with Gasteiger partial charge in [-0.1, -0.05) is 0 Å². The van der Waals surface area contributed by atoms with Gasteiger partial charge in [-0.2, -0.15) is 0 Å². The van der Waals surface area contributed by atoms with Crippen LogP contribution in [-0.2, 0) is 0 Å². The maximum Gasteiger partial charge on any atom is 0.00772 e. The topological polar surface area (TPSA) is 100 Å². The highest BCUT2D eigenvalue weighted by atomic mass is 79.9. The summed E-state index contributed by atoms with van der Waals surface area (Å²) in [5.41, 5.74) is 10.7. The minimum absolute atomic E-state index is 0. The molecule has 0 atom stereocenters. The van der Waals surface area contributed by atoms with E-state index in [4.69, 9.17) is 11.5 Å². The quantitative estimate of drug-likeness (QED) is 0.173. The van der Waals surface area contributed by atoms with Crippen molar-refractivity contribution in [2.75, 3.05) is 65.4 Å². The molecule has 0 bridgehead atoms. The lowest BCUT2D eigenvalue weighted by Crippen LogP contribution is -2.36. The molecule has 10 heteroatoms. The maximum absolute atomic E-state index is 5.35. The number of hydrogen-bond acceptors (Lipinski definition) is 6. The average Bonchev–Trinajstić information content (AvgIpc) is 2.31. The van der Waals surface area contributed by atoms with Crippen LogP contribution in [0.25, 0.3) is 0 Å². The van der Waals surface area contributed by atoms with Crippen molar-refractivity contribution in [1.29, 1.82) is 0 Å². The Balaban J connectivity index is -0.000000187. The number of halogens is 4. The second kappa shape index (κ2) is 32.6. The summed E-state index contributed by atoms with van der Waals surface area (Å²) in [6.45, 7) is 9.15. The van der Waals surface area contributed by atoms with Crippen LogP contribution in [-0.4, -0.2) is 65.4 Å². The molecule has 0 saturated carbocycles. The summed E-state index contributed by atoms with van der Waals surface area (Å²) in [6.07, 6.45) is 0. The molecular weight excluding hydrogens is 524 g/mol. The predicted molar refractivity (Wildman–Crippen MR) is 111 cm³/mol. The standard InChI is InChI=1S/C10H28N6.4BrH/c11-1-3-13-5-7-15-9-10-16-8-6-14-4-2-12;;;;/h13-16H,1-12H2;4*1H. The van der Waals surface area contributed by atoms with Crippen molar-refractivity contribution in [3.05, 3.63) is 0 Å². The zero-order valence-electron chi connectivity index (χ0n) is 11.9. The van der Waals surface area contributed by atoms with E-state index >= 15 is 0 Å². The van der Waals surface area contributed by atoms with Gasteiger partial charge >= 0.3 is 0 Å². The van der Waals surface area contributed by atoms with Gasteiger partial charge < -0.3 is 32.7 Å². The van der Waals surface area contributed by atoms with Gasteiger partial charge in [-0.15, -0.1) is 67.9 Å². The van der Waals surface area contributed by atoms with Crippen molar-refractivity contribution in [1.82, 2.24) is 21.3 Å². The van der Waals surface area contributed by atoms with Gasteiger partial charge in [0.1, 0.15) is 0 Å². The van der Waals surface area contributed by atoms with E-state index in [0.29, 0.717) is 13.1 Å². The minimum Gasteiger partial charge on any atom is -0.329 e. The highest BCUT2D eigenvalue weighted by Gasteiger charge is 1.88. The van der Waals surface area contributed by atoms with Crippen molar-refractivity contribution in [3.63, 3.8) is 0 Å². The molecule has 0 saturated heterocycles. The lowest BCUT2D eigenvalue weighted by Gasteiger charge is -2.07. The molecule has 0 rings (SSSR count). The Labute approximate surface area is 165 Å². The van der Waals surface area contributed by atoms with Gasteiger partial charge in [-0.3, -0.25) is 0 Å². The van der Waals surface area contributed by atoms with Crippen LogP contribution in [0, 0.1) is 0 Å². The van der Waals surface area contributed by atoms with E-state index in [1.807, 2.05) is 0 Å². The Morgan fingerprint density at radius 3 is 0.800 bits per heavy atom. The van der Waals surface area contributed by atoms with Gasteiger partial charge in [0.2, 0.25) is 0 Å². The summed E-state index contributed by atoms with van der Waals surface area (Å²) in [5, 5.41) is 13.1. The molecule has 0 spiro atoms. The first kappa shape index (κ1) is 33.3. The molecule has 0 aromatic heterocycles. The highest BCUT2D eigenvalue weighted by molar-refractivity contribution is 8.93. The Morgan fingerprint density at radius 2 is 0.600 bits per heavy atom. The van der Waals surface area contributed by atoms with E-state index < -0.39 is 0 Å². The van der Waals surface area contributed by atoms with Crippen LogP contribution in [0.3, 0.4) is 0 Å². The number of nitrogens with two attached hydrogens (primary N) is 2. The van der Waals surface area contributed by atoms with Gasteiger partial charge in [0.05, 0.1) is 0 Å². The van der Waals surface area contributed by atoms with E-state index in [9.17, 15) is 0 Å². The fourth-order valence-corrected chi connectivity index (χ4v) is 1.23. The molecule has 0 amide bonds. The number of hydrogen-bond donors (Lipinski definition) is 6. The normalized spacial score (nSPS) is 8.70. The van der Waals surface area contributed by atoms with Gasteiger partial charge in [-0.25, -0.2) is 0 Å². The van der Waals surface area contributed by atoms with Gasteiger partial charge in [0, 0.05) is 65.4 Å². The molecule has 0 unspecified atom stereocenters. The summed E-state index contributed by atoms with van der Waals surface area (Å²) in [5.74, 6) is 0. The zero-order valence-corrected chi connectivity index (χ0v) is 18.7. The fourth-order valence-electron chi connectivity index (χ4n) is 1.23. The monoisotopic (exact) mass is 552 g/mol. The van der Waals surface area contributed by atoms with Crippen LogP contribution in [0.5, 0.6) is 0 Å². The number of rotatable bonds is 13. The summed E-state index contributed by atoms with van der Waals surface area (Å²) in [7, 11) is 0. The molecule has 0 aliphatic rings. The van der Waals surface area contributed by atoms with Gasteiger partial charge in [-0.05, 0) is 0 Å². The lowest BCUT2D eigenvalue weighted by molar-refractivity contribution is 0.569. The smallest absolute Gasteiger partial charge is 0.00772 e. The van der Waals surface area contributed by atoms with E-state index in [-0.39, 0.29) is 67.9 Å². The first-order chi connectivity index (χ1) is 7.91. The van der Waals surface area contributed by atoms with Crippen LogP contribution in [0.2, 0.25) is 0 Å². The van der Waals surface area contributed by atoms with E-state index in [2.05, 4.69) is 21.3 Å². The molecule has 130 valence electrons. The molecule has 0 heterocycles. The van der Waals surface area contributed by atoms with E-state index in [1.54, 1.807) is 0 Å². The first-order valence-electron chi connectivity index (χ1n) is 6.14. The highest BCUT2D eigenvalue weighted by Crippen LogP contribution is 1.62. The first-order valence-corrected chi connectivity index (χ1v) is 6.14. The van der Waals surface area contributed by atoms with Crippen LogP contribution in [0.1, 0.15) is 0 Å². The fraction of sp³-hybridized carbons (Fsp3) is 1.00. The molecule has 0 aliphatic heterocycles. The van der Waals surface area contributed by atoms with Crippen LogP contribution in [0.4, 0.5) is 0 Å². The Hall–Kier alpha value is 1.68. The maximum atomic E-state index is 5.35. The Kier molecular flexibility index (Phi) is 54.3. The van der Waals surface area contributed by atoms with Gasteiger partial charge in [0.25, 0.3) is 0 Å². The zero-order chi connectivity index (χ0) is 11.9. The SMILES string of the molecule is Br.Br.Br.Br.NCCNCCNCCNCCNCCN. The van der Waals surface area contributed by atoms with Crippen LogP contribution in [0.15, 0.2) is 0 Å². The number of nitrogens with one attached hydrogen (secondary N) is 4. The molecule has 6 nitrogen and oxygen atoms in total. The van der Waals surface area contributed by atoms with Crippen molar-refractivity contribution in [2.45, 2.75) is 0 Å². The van der Waals surface area contributed by atoms with Crippen molar-refractivity contribution in [2.24, 2.45) is 11.5 Å². The Morgan fingerprint density at radius 1 is 0.400 bits per heavy atom. The third kappa shape index (κ3) is 31.9. The third-order valence-corrected chi connectivity index (χ3v) is 2.08. The Bertz CT molecular complexity index is 122. The minimum atomic E-state index is 0.